The van der Waals surface area contributed by atoms with E-state index in [1.807, 2.05) is 29.9 Å². The highest BCUT2D eigenvalue weighted by molar-refractivity contribution is 7.80. The normalized spacial score (nSPS) is 16.6. The number of benzene rings is 1. The molecule has 0 bridgehead atoms. The number of carbonyl (C=O) groups excluding carboxylic acids is 2. The van der Waals surface area contributed by atoms with Gasteiger partial charge in [-0.3, -0.25) is 19.5 Å². The summed E-state index contributed by atoms with van der Waals surface area (Å²) in [7, 11) is -3.14. The minimum atomic E-state index is -5.02. The maximum atomic E-state index is 13.2. The summed E-state index contributed by atoms with van der Waals surface area (Å²) >= 11 is 0.955. The van der Waals surface area contributed by atoms with E-state index in [1.54, 1.807) is 24.3 Å². The second-order valence-electron chi connectivity index (χ2n) is 11.2. The van der Waals surface area contributed by atoms with E-state index in [9.17, 15) is 27.9 Å². The zero-order valence-corrected chi connectivity index (χ0v) is 28.1. The molecule has 0 radical (unpaired) electrons. The Hall–Kier alpha value is -4.93. The number of aliphatic carboxylic acids is 1. The molecule has 2 amide bonds. The lowest BCUT2D eigenvalue weighted by molar-refractivity contribution is -0.656. The zero-order chi connectivity index (χ0) is 36.1. The molecule has 1 aliphatic rings. The molecule has 19 nitrogen and oxygen atoms in total. The Morgan fingerprint density at radius 2 is 1.82 bits per heavy atom. The van der Waals surface area contributed by atoms with Crippen molar-refractivity contribution in [3.63, 3.8) is 0 Å². The molecule has 3 heterocycles. The molecule has 0 spiro atoms. The van der Waals surface area contributed by atoms with E-state index in [1.165, 1.54) is 19.2 Å². The van der Waals surface area contributed by atoms with Crippen molar-refractivity contribution in [2.24, 2.45) is 23.7 Å². The molecule has 0 aliphatic carbocycles. The Morgan fingerprint density at radius 1 is 1.16 bits per heavy atom. The summed E-state index contributed by atoms with van der Waals surface area (Å²) in [6, 6.07) is 9.29. The minimum Gasteiger partial charge on any atom is -0.489 e. The molecule has 4 rings (SSSR count). The summed E-state index contributed by atoms with van der Waals surface area (Å²) in [5.41, 5.74) is 16.9. The first-order valence-electron chi connectivity index (χ1n) is 14.4. The van der Waals surface area contributed by atoms with Gasteiger partial charge in [-0.25, -0.2) is 14.3 Å². The molecule has 264 valence electrons. The van der Waals surface area contributed by atoms with Gasteiger partial charge in [0, 0.05) is 30.1 Å². The van der Waals surface area contributed by atoms with Crippen LogP contribution in [0.3, 0.4) is 0 Å². The van der Waals surface area contributed by atoms with Crippen LogP contribution in [0.5, 0.6) is 5.75 Å². The van der Waals surface area contributed by atoms with Gasteiger partial charge in [0.15, 0.2) is 10.8 Å². The average molecular weight is 723 g/mol. The number of nitrogen functional groups attached to an aromatic ring is 1. The van der Waals surface area contributed by atoms with Crippen molar-refractivity contribution in [1.29, 1.82) is 0 Å². The predicted octanol–water partition coefficient (Wildman–Crippen LogP) is -0.992. The summed E-state index contributed by atoms with van der Waals surface area (Å²) in [6.07, 6.45) is 0.229. The van der Waals surface area contributed by atoms with E-state index in [4.69, 9.17) is 31.3 Å². The Bertz CT molecular complexity index is 1830. The van der Waals surface area contributed by atoms with Crippen LogP contribution in [-0.4, -0.2) is 95.0 Å². The maximum Gasteiger partial charge on any atom is 0.418 e. The number of thiazole rings is 1. The van der Waals surface area contributed by atoms with Crippen LogP contribution in [0.25, 0.3) is 11.1 Å². The number of aryl methyl sites for hydroxylation is 1. The lowest BCUT2D eigenvalue weighted by atomic mass is 9.84. The summed E-state index contributed by atoms with van der Waals surface area (Å²) in [6.45, 7) is 2.98. The number of β-lactam (4-membered cyclic amide) rings is 1. The van der Waals surface area contributed by atoms with Gasteiger partial charge in [-0.1, -0.05) is 17.3 Å². The summed E-state index contributed by atoms with van der Waals surface area (Å²) in [5.74, 6) is -2.32. The number of carbonyl (C=O) groups is 3. The standard InChI is InChI=1S/C28H35N9O10S2/c1-28(2)23(25(39)37(28)47-49(42,43)44)34-24(38)22(19-14-48-27(31)33-19)35-46-20(26(40)41)13-45-18-7-4-15(5-8-18)16-6-9-21(36(3)12-16)32-17(10-29)11-30/h4-9,12,14,17,20,23H,10-11,13,29-30H2,1-3H3,(H5,31,33,34,38,40,41,42,43,44)/p+1/b35-22-/t20-,23?/m0/s1. The monoisotopic (exact) mass is 722 g/mol. The highest BCUT2D eigenvalue weighted by Crippen LogP contribution is 2.33. The van der Waals surface area contributed by atoms with E-state index in [0.29, 0.717) is 23.9 Å². The van der Waals surface area contributed by atoms with Gasteiger partial charge in [0.25, 0.3) is 23.7 Å². The van der Waals surface area contributed by atoms with Gasteiger partial charge in [0.05, 0.1) is 18.8 Å². The molecular weight excluding hydrogens is 686 g/mol. The fourth-order valence-electron chi connectivity index (χ4n) is 4.55. The molecule has 1 saturated heterocycles. The van der Waals surface area contributed by atoms with E-state index in [-0.39, 0.29) is 16.9 Å². The van der Waals surface area contributed by atoms with Crippen LogP contribution in [0, 0.1) is 0 Å². The lowest BCUT2D eigenvalue weighted by Crippen LogP contribution is -2.76. The van der Waals surface area contributed by atoms with Crippen LogP contribution in [0.2, 0.25) is 0 Å². The molecule has 49 heavy (non-hydrogen) atoms. The van der Waals surface area contributed by atoms with Crippen molar-refractivity contribution < 1.29 is 50.9 Å². The van der Waals surface area contributed by atoms with Gasteiger partial charge in [-0.05, 0) is 37.6 Å². The Balaban J connectivity index is 1.44. The van der Waals surface area contributed by atoms with Crippen LogP contribution in [0.15, 0.2) is 53.1 Å². The molecule has 1 fully saturated rings. The maximum absolute atomic E-state index is 13.2. The molecule has 1 aromatic carbocycles. The van der Waals surface area contributed by atoms with Crippen molar-refractivity contribution in [3.8, 4) is 16.9 Å². The topological polar surface area (TPSA) is 288 Å². The smallest absolute Gasteiger partial charge is 0.418 e. The molecule has 1 unspecified atom stereocenters. The number of anilines is 2. The number of aromatic nitrogens is 2. The van der Waals surface area contributed by atoms with Crippen molar-refractivity contribution in [3.05, 3.63) is 53.7 Å². The molecule has 10 N–H and O–H groups in total. The highest BCUT2D eigenvalue weighted by atomic mass is 32.3. The molecule has 21 heteroatoms. The number of amides is 2. The largest absolute Gasteiger partial charge is 0.489 e. The van der Waals surface area contributed by atoms with E-state index >= 15 is 0 Å². The second kappa shape index (κ2) is 15.1. The first-order chi connectivity index (χ1) is 23.0. The number of nitrogens with zero attached hydrogens (tertiary/aromatic N) is 4. The van der Waals surface area contributed by atoms with E-state index < -0.39 is 58.2 Å². The van der Waals surface area contributed by atoms with Gasteiger partial charge in [-0.2, -0.15) is 13.5 Å². The number of hydrogen-bond donors (Lipinski definition) is 7. The quantitative estimate of drug-likeness (QED) is 0.0307. The molecule has 0 saturated carbocycles. The first kappa shape index (κ1) is 36.9. The van der Waals surface area contributed by atoms with Gasteiger partial charge in [0.1, 0.15) is 30.1 Å². The number of hydroxylamine groups is 2. The summed E-state index contributed by atoms with van der Waals surface area (Å²) in [4.78, 5) is 46.9. The van der Waals surface area contributed by atoms with E-state index in [2.05, 4.69) is 25.1 Å². The number of pyridine rings is 1. The molecule has 3 aromatic rings. The number of carboxylic acids is 1. The van der Waals surface area contributed by atoms with Crippen molar-refractivity contribution in [2.45, 2.75) is 37.6 Å². The van der Waals surface area contributed by atoms with Crippen molar-refractivity contribution in [2.75, 3.05) is 30.7 Å². The Morgan fingerprint density at radius 3 is 2.35 bits per heavy atom. The number of nitrogens with one attached hydrogen (secondary N) is 2. The third kappa shape index (κ3) is 8.95. The van der Waals surface area contributed by atoms with Crippen molar-refractivity contribution in [1.82, 2.24) is 15.4 Å². The highest BCUT2D eigenvalue weighted by Gasteiger charge is 2.58. The van der Waals surface area contributed by atoms with Crippen molar-refractivity contribution >= 4 is 56.2 Å². The third-order valence-corrected chi connectivity index (χ3v) is 8.30. The van der Waals surface area contributed by atoms with Crippen LogP contribution < -0.4 is 37.1 Å². The molecule has 2 aromatic heterocycles. The predicted molar refractivity (Wildman–Crippen MR) is 175 cm³/mol. The SMILES string of the molecule is C[n+]1cc(-c2ccc(OC[C@H](O/N=C(\C(=O)NC3C(=O)N(OS(=O)(=O)O)C3(C)C)c3csc(N)n3)C(=O)O)cc2)ccc1NC(CN)CN. The molecule has 2 atom stereocenters. The lowest BCUT2D eigenvalue weighted by Gasteiger charge is -2.50. The van der Waals surface area contributed by atoms with Crippen LogP contribution in [0.1, 0.15) is 19.5 Å². The van der Waals surface area contributed by atoms with Crippen LogP contribution in [0.4, 0.5) is 10.9 Å². The second-order valence-corrected chi connectivity index (χ2v) is 13.1. The first-order valence-corrected chi connectivity index (χ1v) is 16.7. The molecular formula is C28H36N9O10S2+. The van der Waals surface area contributed by atoms with Crippen LogP contribution >= 0.6 is 11.3 Å². The number of nitrogens with two attached hydrogens (primary N) is 3. The average Bonchev–Trinajstić information content (AvgIpc) is 3.48. The number of carboxylic acid groups (broad SMARTS) is 1. The fourth-order valence-corrected chi connectivity index (χ4v) is 5.55. The number of hydrogen-bond acceptors (Lipinski definition) is 15. The van der Waals surface area contributed by atoms with Gasteiger partial charge < -0.3 is 37.2 Å². The summed E-state index contributed by atoms with van der Waals surface area (Å²) < 4.78 is 43.0. The number of oxime groups is 1. The Labute approximate surface area is 284 Å². The third-order valence-electron chi connectivity index (χ3n) is 7.29. The van der Waals surface area contributed by atoms with Gasteiger partial charge in [0.2, 0.25) is 0 Å². The molecule has 1 aliphatic heterocycles. The van der Waals surface area contributed by atoms with Gasteiger partial charge >= 0.3 is 16.4 Å². The van der Waals surface area contributed by atoms with Gasteiger partial charge in [-0.15, -0.1) is 15.6 Å². The van der Waals surface area contributed by atoms with E-state index in [0.717, 1.165) is 28.3 Å². The van der Waals surface area contributed by atoms with Crippen LogP contribution in [-0.2, 0) is 41.0 Å². The Kier molecular flexibility index (Phi) is 11.4. The fraction of sp³-hybridized carbons (Fsp3) is 0.357. The number of ether oxygens (including phenoxy) is 1. The minimum absolute atomic E-state index is 0.0537. The summed E-state index contributed by atoms with van der Waals surface area (Å²) in [5, 5.41) is 20.9. The zero-order valence-electron chi connectivity index (χ0n) is 26.5. The number of rotatable bonds is 16.